The normalized spacial score (nSPS) is 21.8. The fraction of sp³-hybridized carbons (Fsp3) is 0.583. The van der Waals surface area contributed by atoms with Crippen LogP contribution in [0.3, 0.4) is 0 Å². The fourth-order valence-electron chi connectivity index (χ4n) is 1.79. The Balaban J connectivity index is 2.31. The Morgan fingerprint density at radius 1 is 1.29 bits per heavy atom. The molecule has 1 aliphatic heterocycles. The van der Waals surface area contributed by atoms with Gasteiger partial charge in [0.05, 0.1) is 16.9 Å². The molecule has 1 saturated heterocycles. The Morgan fingerprint density at radius 3 is 2.24 bits per heavy atom. The summed E-state index contributed by atoms with van der Waals surface area (Å²) in [7, 11) is -0.353. The Labute approximate surface area is 103 Å². The second kappa shape index (κ2) is 3.72. The average Bonchev–Trinajstić information content (AvgIpc) is 2.66. The van der Waals surface area contributed by atoms with E-state index in [0.717, 1.165) is 11.2 Å². The zero-order valence-electron chi connectivity index (χ0n) is 11.2. The van der Waals surface area contributed by atoms with Crippen LogP contribution in [0.15, 0.2) is 12.8 Å². The summed E-state index contributed by atoms with van der Waals surface area (Å²) in [4.78, 5) is 0. The van der Waals surface area contributed by atoms with Gasteiger partial charge in [-0.25, -0.2) is 4.68 Å². The molecule has 0 aromatic carbocycles. The lowest BCUT2D eigenvalue weighted by Gasteiger charge is -2.32. The van der Waals surface area contributed by atoms with Gasteiger partial charge in [-0.3, -0.25) is 0 Å². The molecule has 92 valence electrons. The molecule has 0 spiro atoms. The molecule has 1 aromatic heterocycles. The zero-order chi connectivity index (χ0) is 12.8. The van der Waals surface area contributed by atoms with Crippen molar-refractivity contribution in [2.24, 2.45) is 0 Å². The van der Waals surface area contributed by atoms with E-state index in [1.54, 1.807) is 10.9 Å². The van der Waals surface area contributed by atoms with Crippen LogP contribution in [0.5, 0.6) is 0 Å². The molecule has 0 N–H and O–H groups in total. The first-order chi connectivity index (χ1) is 7.77. The van der Waals surface area contributed by atoms with Gasteiger partial charge in [-0.1, -0.05) is 6.58 Å². The second-order valence-electron chi connectivity index (χ2n) is 5.42. The second-order valence-corrected chi connectivity index (χ2v) is 5.42. The minimum absolute atomic E-state index is 0.319. The zero-order valence-corrected chi connectivity index (χ0v) is 11.2. The van der Waals surface area contributed by atoms with Crippen LogP contribution in [-0.2, 0) is 9.31 Å². The Bertz CT molecular complexity index is 435. The highest BCUT2D eigenvalue weighted by Crippen LogP contribution is 2.36. The fourth-order valence-corrected chi connectivity index (χ4v) is 1.79. The van der Waals surface area contributed by atoms with E-state index in [9.17, 15) is 0 Å². The molecule has 4 nitrogen and oxygen atoms in total. The Kier molecular flexibility index (Phi) is 2.71. The van der Waals surface area contributed by atoms with Crippen LogP contribution >= 0.6 is 0 Å². The first kappa shape index (κ1) is 12.4. The van der Waals surface area contributed by atoms with Crippen molar-refractivity contribution in [2.75, 3.05) is 0 Å². The first-order valence-electron chi connectivity index (χ1n) is 5.81. The van der Waals surface area contributed by atoms with E-state index in [-0.39, 0.29) is 18.3 Å². The van der Waals surface area contributed by atoms with Crippen LogP contribution in [0.1, 0.15) is 33.4 Å². The van der Waals surface area contributed by atoms with E-state index in [1.165, 1.54) is 0 Å². The molecular formula is C12H19BN2O2. The largest absolute Gasteiger partial charge is 0.498 e. The van der Waals surface area contributed by atoms with E-state index < -0.39 is 0 Å². The first-order valence-corrected chi connectivity index (χ1v) is 5.81. The summed E-state index contributed by atoms with van der Waals surface area (Å²) in [5.41, 5.74) is 1.23. The van der Waals surface area contributed by atoms with Gasteiger partial charge in [0.25, 0.3) is 0 Å². The highest BCUT2D eigenvalue weighted by Gasteiger charge is 2.52. The molecule has 0 radical (unpaired) electrons. The van der Waals surface area contributed by atoms with E-state index in [0.29, 0.717) is 0 Å². The van der Waals surface area contributed by atoms with Crippen LogP contribution in [0.25, 0.3) is 6.20 Å². The summed E-state index contributed by atoms with van der Waals surface area (Å²) in [6.45, 7) is 13.8. The van der Waals surface area contributed by atoms with Crippen molar-refractivity contribution in [2.45, 2.75) is 45.8 Å². The molecule has 0 amide bonds. The van der Waals surface area contributed by atoms with Gasteiger partial charge in [0, 0.05) is 17.9 Å². The van der Waals surface area contributed by atoms with Gasteiger partial charge in [0.15, 0.2) is 0 Å². The number of aryl methyl sites for hydroxylation is 1. The van der Waals surface area contributed by atoms with Gasteiger partial charge in [0.1, 0.15) is 0 Å². The van der Waals surface area contributed by atoms with Crippen LogP contribution in [0, 0.1) is 6.92 Å². The van der Waals surface area contributed by atoms with Crippen LogP contribution in [0.4, 0.5) is 0 Å². The molecule has 0 bridgehead atoms. The maximum Gasteiger partial charge on any atom is 0.498 e. The lowest BCUT2D eigenvalue weighted by atomic mass is 9.79. The topological polar surface area (TPSA) is 36.3 Å². The van der Waals surface area contributed by atoms with E-state index >= 15 is 0 Å². The lowest BCUT2D eigenvalue weighted by molar-refractivity contribution is 0.00578. The van der Waals surface area contributed by atoms with Gasteiger partial charge < -0.3 is 9.31 Å². The maximum atomic E-state index is 5.98. The summed E-state index contributed by atoms with van der Waals surface area (Å²) in [5.74, 6) is 0. The number of hydrogen-bond donors (Lipinski definition) is 0. The van der Waals surface area contributed by atoms with Crippen molar-refractivity contribution in [3.05, 3.63) is 18.5 Å². The molecule has 1 aliphatic rings. The van der Waals surface area contributed by atoms with E-state index in [4.69, 9.17) is 9.31 Å². The summed E-state index contributed by atoms with van der Waals surface area (Å²) >= 11 is 0. The monoisotopic (exact) mass is 234 g/mol. The summed E-state index contributed by atoms with van der Waals surface area (Å²) in [6, 6.07) is 0. The van der Waals surface area contributed by atoms with Crippen molar-refractivity contribution >= 4 is 18.8 Å². The van der Waals surface area contributed by atoms with Gasteiger partial charge in [-0.15, -0.1) is 0 Å². The molecule has 0 aliphatic carbocycles. The molecule has 2 heterocycles. The van der Waals surface area contributed by atoms with Crippen LogP contribution in [0.2, 0.25) is 0 Å². The third-order valence-electron chi connectivity index (χ3n) is 3.65. The van der Waals surface area contributed by atoms with Gasteiger partial charge in [-0.05, 0) is 34.6 Å². The SMILES string of the molecule is C=Cn1cc(B2OC(C)(C)C(C)(C)O2)c(C)n1. The third-order valence-corrected chi connectivity index (χ3v) is 3.65. The van der Waals surface area contributed by atoms with Crippen molar-refractivity contribution in [1.29, 1.82) is 0 Å². The quantitative estimate of drug-likeness (QED) is 0.729. The number of hydrogen-bond acceptors (Lipinski definition) is 3. The standard InChI is InChI=1S/C12H19BN2O2/c1-7-15-8-10(9(2)14-15)13-16-11(3,4)12(5,6)17-13/h7-8H,1H2,2-6H3. The van der Waals surface area contributed by atoms with Gasteiger partial charge >= 0.3 is 7.12 Å². The van der Waals surface area contributed by atoms with Crippen molar-refractivity contribution in [3.63, 3.8) is 0 Å². The molecular weight excluding hydrogens is 215 g/mol. The smallest absolute Gasteiger partial charge is 0.399 e. The summed E-state index contributed by atoms with van der Waals surface area (Å²) in [6.07, 6.45) is 3.55. The minimum atomic E-state index is -0.353. The maximum absolute atomic E-state index is 5.98. The van der Waals surface area contributed by atoms with Gasteiger partial charge in [-0.2, -0.15) is 5.10 Å². The average molecular weight is 234 g/mol. The van der Waals surface area contributed by atoms with Crippen molar-refractivity contribution in [3.8, 4) is 0 Å². The van der Waals surface area contributed by atoms with Crippen molar-refractivity contribution in [1.82, 2.24) is 9.78 Å². The Morgan fingerprint density at radius 2 is 1.82 bits per heavy atom. The summed E-state index contributed by atoms with van der Waals surface area (Å²) < 4.78 is 13.6. The summed E-state index contributed by atoms with van der Waals surface area (Å²) in [5, 5.41) is 4.31. The van der Waals surface area contributed by atoms with E-state index in [1.807, 2.05) is 40.8 Å². The van der Waals surface area contributed by atoms with Crippen LogP contribution in [-0.4, -0.2) is 28.1 Å². The lowest BCUT2D eigenvalue weighted by Crippen LogP contribution is -2.41. The highest BCUT2D eigenvalue weighted by atomic mass is 16.7. The molecule has 0 unspecified atom stereocenters. The predicted octanol–water partition coefficient (Wildman–Crippen LogP) is 1.59. The third kappa shape index (κ3) is 1.94. The Hall–Kier alpha value is -1.07. The molecule has 1 fully saturated rings. The highest BCUT2D eigenvalue weighted by molar-refractivity contribution is 6.62. The minimum Gasteiger partial charge on any atom is -0.399 e. The van der Waals surface area contributed by atoms with E-state index in [2.05, 4.69) is 11.7 Å². The molecule has 0 atom stereocenters. The molecule has 17 heavy (non-hydrogen) atoms. The molecule has 2 rings (SSSR count). The molecule has 1 aromatic rings. The van der Waals surface area contributed by atoms with Crippen LogP contribution < -0.4 is 5.46 Å². The molecule has 0 saturated carbocycles. The number of aromatic nitrogens is 2. The number of nitrogens with zero attached hydrogens (tertiary/aromatic N) is 2. The van der Waals surface area contributed by atoms with Gasteiger partial charge in [0.2, 0.25) is 0 Å². The molecule has 5 heteroatoms. The predicted molar refractivity (Wildman–Crippen MR) is 69.1 cm³/mol. The number of rotatable bonds is 2. The van der Waals surface area contributed by atoms with Crippen molar-refractivity contribution < 1.29 is 9.31 Å².